The van der Waals surface area contributed by atoms with Crippen molar-refractivity contribution in [3.63, 3.8) is 0 Å². The fourth-order valence-electron chi connectivity index (χ4n) is 1.72. The number of nitrogens with one attached hydrogen (secondary N) is 1. The molecule has 0 aliphatic rings. The second kappa shape index (κ2) is 6.06. The molecule has 0 saturated heterocycles. The molecule has 0 atom stereocenters. The smallest absolute Gasteiger partial charge is 0.384 e. The molecule has 19 heavy (non-hydrogen) atoms. The van der Waals surface area contributed by atoms with E-state index in [1.165, 1.54) is 4.90 Å². The largest absolute Gasteiger partial charge is 0.401 e. The first-order chi connectivity index (χ1) is 8.69. The summed E-state index contributed by atoms with van der Waals surface area (Å²) < 4.78 is 37.4. The second-order valence-corrected chi connectivity index (χ2v) is 4.73. The molecule has 0 bridgehead atoms. The van der Waals surface area contributed by atoms with Crippen molar-refractivity contribution in [1.29, 1.82) is 5.41 Å². The summed E-state index contributed by atoms with van der Waals surface area (Å²) in [4.78, 5) is 1.33. The zero-order valence-electron chi connectivity index (χ0n) is 11.0. The highest BCUT2D eigenvalue weighted by atomic mass is 19.4. The van der Waals surface area contributed by atoms with E-state index in [4.69, 9.17) is 11.1 Å². The van der Waals surface area contributed by atoms with Gasteiger partial charge in [0.25, 0.3) is 0 Å². The number of nitrogens with zero attached hydrogens (tertiary/aromatic N) is 1. The summed E-state index contributed by atoms with van der Waals surface area (Å²) in [5, 5.41) is 7.33. The second-order valence-electron chi connectivity index (χ2n) is 4.73. The topological polar surface area (TPSA) is 53.1 Å². The van der Waals surface area contributed by atoms with Crippen LogP contribution in [0.3, 0.4) is 0 Å². The average molecular weight is 273 g/mol. The molecule has 0 aliphatic heterocycles. The van der Waals surface area contributed by atoms with Gasteiger partial charge in [0.05, 0.1) is 6.54 Å². The van der Waals surface area contributed by atoms with Gasteiger partial charge in [0.15, 0.2) is 0 Å². The highest BCUT2D eigenvalue weighted by Crippen LogP contribution is 2.20. The van der Waals surface area contributed by atoms with E-state index in [9.17, 15) is 13.2 Å². The highest BCUT2D eigenvalue weighted by Gasteiger charge is 2.31. The van der Waals surface area contributed by atoms with Crippen molar-refractivity contribution >= 4 is 5.84 Å². The van der Waals surface area contributed by atoms with Crippen LogP contribution in [-0.2, 0) is 6.54 Å². The fraction of sp³-hybridized carbons (Fsp3) is 0.462. The Kier molecular flexibility index (Phi) is 4.94. The minimum atomic E-state index is -4.22. The lowest BCUT2D eigenvalue weighted by atomic mass is 10.1. The van der Waals surface area contributed by atoms with Gasteiger partial charge in [0.2, 0.25) is 0 Å². The first-order valence-corrected chi connectivity index (χ1v) is 5.93. The van der Waals surface area contributed by atoms with Crippen LogP contribution in [0.25, 0.3) is 0 Å². The number of rotatable bonds is 5. The van der Waals surface area contributed by atoms with Crippen LogP contribution in [0.1, 0.15) is 25.0 Å². The predicted molar refractivity (Wildman–Crippen MR) is 69.1 cm³/mol. The molecule has 0 radical (unpaired) electrons. The first kappa shape index (κ1) is 15.5. The number of alkyl halides is 3. The number of hydrogen-bond donors (Lipinski definition) is 2. The molecular weight excluding hydrogens is 255 g/mol. The third-order valence-corrected chi connectivity index (χ3v) is 2.74. The van der Waals surface area contributed by atoms with Crippen LogP contribution in [0.4, 0.5) is 13.2 Å². The summed E-state index contributed by atoms with van der Waals surface area (Å²) >= 11 is 0. The summed E-state index contributed by atoms with van der Waals surface area (Å²) in [7, 11) is 0. The normalized spacial score (nSPS) is 12.2. The molecule has 1 aromatic carbocycles. The van der Waals surface area contributed by atoms with Crippen molar-refractivity contribution in [2.75, 3.05) is 6.54 Å². The number of halogens is 3. The van der Waals surface area contributed by atoms with Crippen LogP contribution in [0.15, 0.2) is 24.3 Å². The maximum absolute atomic E-state index is 12.5. The van der Waals surface area contributed by atoms with E-state index >= 15 is 0 Å². The summed E-state index contributed by atoms with van der Waals surface area (Å²) in [5.41, 5.74) is 6.60. The molecule has 0 spiro atoms. The zero-order valence-corrected chi connectivity index (χ0v) is 11.0. The lowest BCUT2D eigenvalue weighted by molar-refractivity contribution is -0.150. The van der Waals surface area contributed by atoms with Gasteiger partial charge in [-0.1, -0.05) is 18.2 Å². The van der Waals surface area contributed by atoms with Gasteiger partial charge >= 0.3 is 6.18 Å². The average Bonchev–Trinajstić information content (AvgIpc) is 2.26. The van der Waals surface area contributed by atoms with Crippen LogP contribution in [0, 0.1) is 5.41 Å². The monoisotopic (exact) mass is 273 g/mol. The molecule has 0 amide bonds. The van der Waals surface area contributed by atoms with Gasteiger partial charge in [-0.3, -0.25) is 10.3 Å². The Labute approximate surface area is 110 Å². The van der Waals surface area contributed by atoms with E-state index in [1.807, 2.05) is 0 Å². The predicted octanol–water partition coefficient (Wildman–Crippen LogP) is 2.74. The van der Waals surface area contributed by atoms with Crippen molar-refractivity contribution in [2.24, 2.45) is 5.73 Å². The molecule has 0 unspecified atom stereocenters. The molecule has 1 rings (SSSR count). The zero-order chi connectivity index (χ0) is 14.6. The molecule has 0 aromatic heterocycles. The van der Waals surface area contributed by atoms with Crippen molar-refractivity contribution in [3.05, 3.63) is 35.4 Å². The molecule has 3 N–H and O–H groups in total. The van der Waals surface area contributed by atoms with Crippen LogP contribution < -0.4 is 5.73 Å². The van der Waals surface area contributed by atoms with Crippen molar-refractivity contribution < 1.29 is 13.2 Å². The van der Waals surface area contributed by atoms with E-state index in [-0.39, 0.29) is 18.4 Å². The molecule has 3 nitrogen and oxygen atoms in total. The molecule has 106 valence electrons. The van der Waals surface area contributed by atoms with Gasteiger partial charge in [-0.05, 0) is 25.5 Å². The summed E-state index contributed by atoms with van der Waals surface area (Å²) in [6.45, 7) is 2.67. The Bertz CT molecular complexity index is 441. The summed E-state index contributed by atoms with van der Waals surface area (Å²) in [5.74, 6) is -0.0891. The number of hydrogen-bond acceptors (Lipinski definition) is 2. The minimum Gasteiger partial charge on any atom is -0.384 e. The number of nitrogen functional groups attached to an aromatic ring is 1. The lowest BCUT2D eigenvalue weighted by Gasteiger charge is -2.27. The molecule has 0 aliphatic carbocycles. The van der Waals surface area contributed by atoms with Crippen LogP contribution in [0.5, 0.6) is 0 Å². The quantitative estimate of drug-likeness (QED) is 0.640. The van der Waals surface area contributed by atoms with Crippen molar-refractivity contribution in [2.45, 2.75) is 32.6 Å². The third kappa shape index (κ3) is 5.30. The Morgan fingerprint density at radius 1 is 1.37 bits per heavy atom. The van der Waals surface area contributed by atoms with E-state index in [0.717, 1.165) is 0 Å². The molecular formula is C13H18F3N3. The van der Waals surface area contributed by atoms with Gasteiger partial charge < -0.3 is 5.73 Å². The van der Waals surface area contributed by atoms with Crippen molar-refractivity contribution in [1.82, 2.24) is 4.90 Å². The lowest BCUT2D eigenvalue weighted by Crippen LogP contribution is -2.38. The van der Waals surface area contributed by atoms with E-state index in [2.05, 4.69) is 0 Å². The highest BCUT2D eigenvalue weighted by molar-refractivity contribution is 5.95. The van der Waals surface area contributed by atoms with E-state index in [1.54, 1.807) is 38.1 Å². The van der Waals surface area contributed by atoms with E-state index in [0.29, 0.717) is 11.1 Å². The van der Waals surface area contributed by atoms with Gasteiger partial charge in [-0.25, -0.2) is 0 Å². The van der Waals surface area contributed by atoms with E-state index < -0.39 is 12.7 Å². The molecule has 1 aromatic rings. The van der Waals surface area contributed by atoms with Crippen LogP contribution in [0.2, 0.25) is 0 Å². The van der Waals surface area contributed by atoms with Crippen molar-refractivity contribution in [3.8, 4) is 0 Å². The van der Waals surface area contributed by atoms with Gasteiger partial charge in [0.1, 0.15) is 5.84 Å². The van der Waals surface area contributed by atoms with Crippen LogP contribution in [-0.4, -0.2) is 29.5 Å². The molecule has 0 saturated carbocycles. The van der Waals surface area contributed by atoms with Gasteiger partial charge in [-0.15, -0.1) is 0 Å². The Balaban J connectivity index is 2.85. The number of nitrogens with two attached hydrogens (primary N) is 1. The SMILES string of the molecule is CC(C)N(Cc1cccc(C(=N)N)c1)CC(F)(F)F. The Hall–Kier alpha value is -1.56. The molecule has 0 heterocycles. The van der Waals surface area contributed by atoms with Gasteiger partial charge in [0, 0.05) is 18.2 Å². The first-order valence-electron chi connectivity index (χ1n) is 5.93. The molecule has 0 fully saturated rings. The summed E-state index contributed by atoms with van der Waals surface area (Å²) in [6, 6.07) is 6.52. The van der Waals surface area contributed by atoms with Gasteiger partial charge in [-0.2, -0.15) is 13.2 Å². The standard InChI is InChI=1S/C13H18F3N3/c1-9(2)19(8-13(14,15)16)7-10-4-3-5-11(6-10)12(17)18/h3-6,9H,7-8H2,1-2H3,(H3,17,18). The maximum Gasteiger partial charge on any atom is 0.401 e. The number of benzene rings is 1. The molecule has 6 heteroatoms. The minimum absolute atomic E-state index is 0.0891. The van der Waals surface area contributed by atoms with Crippen LogP contribution >= 0.6 is 0 Å². The maximum atomic E-state index is 12.5. The summed E-state index contributed by atoms with van der Waals surface area (Å²) in [6.07, 6.45) is -4.22. The fourth-order valence-corrected chi connectivity index (χ4v) is 1.72. The third-order valence-electron chi connectivity index (χ3n) is 2.74. The number of amidine groups is 1. The Morgan fingerprint density at radius 3 is 2.47 bits per heavy atom. The Morgan fingerprint density at radius 2 is 2.00 bits per heavy atom.